The predicted molar refractivity (Wildman–Crippen MR) is 92.5 cm³/mol. The zero-order chi connectivity index (χ0) is 17.1. The number of ether oxygens (including phenoxy) is 1. The highest BCUT2D eigenvalue weighted by molar-refractivity contribution is 5.94. The van der Waals surface area contributed by atoms with Crippen LogP contribution >= 0.6 is 0 Å². The maximum atomic E-state index is 12.2. The van der Waals surface area contributed by atoms with Gasteiger partial charge in [-0.15, -0.1) is 0 Å². The van der Waals surface area contributed by atoms with E-state index in [1.54, 1.807) is 19.2 Å². The van der Waals surface area contributed by atoms with Crippen molar-refractivity contribution in [1.82, 2.24) is 0 Å². The number of fused-ring (bicyclic) bond motifs is 1. The lowest BCUT2D eigenvalue weighted by Gasteiger charge is -2.08. The first-order valence-electron chi connectivity index (χ1n) is 7.52. The van der Waals surface area contributed by atoms with Gasteiger partial charge in [-0.2, -0.15) is 0 Å². The van der Waals surface area contributed by atoms with Crippen molar-refractivity contribution in [1.29, 1.82) is 0 Å². The zero-order valence-corrected chi connectivity index (χ0v) is 13.5. The Hall–Kier alpha value is -3.08. The number of benzene rings is 2. The smallest absolute Gasteiger partial charge is 0.336 e. The van der Waals surface area contributed by atoms with Crippen molar-refractivity contribution < 1.29 is 13.9 Å². The SMILES string of the molecule is COc1cccc(CC(=O)Nc2ccc3c(C)cc(=O)oc3c2)c1. The summed E-state index contributed by atoms with van der Waals surface area (Å²) in [5, 5.41) is 3.66. The van der Waals surface area contributed by atoms with E-state index in [1.807, 2.05) is 37.3 Å². The Balaban J connectivity index is 1.78. The predicted octanol–water partition coefficient (Wildman–Crippen LogP) is 3.29. The molecule has 1 aromatic heterocycles. The van der Waals surface area contributed by atoms with Crippen LogP contribution in [-0.4, -0.2) is 13.0 Å². The van der Waals surface area contributed by atoms with Gasteiger partial charge in [0.1, 0.15) is 11.3 Å². The molecule has 0 fully saturated rings. The van der Waals surface area contributed by atoms with Crippen LogP contribution in [0.15, 0.2) is 57.7 Å². The first kappa shape index (κ1) is 15.8. The van der Waals surface area contributed by atoms with Gasteiger partial charge in [-0.3, -0.25) is 4.79 Å². The highest BCUT2D eigenvalue weighted by Crippen LogP contribution is 2.21. The van der Waals surface area contributed by atoms with Crippen molar-refractivity contribution in [2.45, 2.75) is 13.3 Å². The fourth-order valence-corrected chi connectivity index (χ4v) is 2.58. The van der Waals surface area contributed by atoms with Crippen LogP contribution in [0, 0.1) is 6.92 Å². The Labute approximate surface area is 138 Å². The second-order valence-electron chi connectivity index (χ2n) is 5.54. The molecule has 0 saturated heterocycles. The van der Waals surface area contributed by atoms with E-state index in [0.29, 0.717) is 17.0 Å². The van der Waals surface area contributed by atoms with Crippen molar-refractivity contribution in [3.8, 4) is 5.75 Å². The van der Waals surface area contributed by atoms with E-state index in [0.717, 1.165) is 16.5 Å². The maximum Gasteiger partial charge on any atom is 0.336 e. The number of methoxy groups -OCH3 is 1. The molecule has 24 heavy (non-hydrogen) atoms. The van der Waals surface area contributed by atoms with Crippen molar-refractivity contribution in [2.75, 3.05) is 12.4 Å². The van der Waals surface area contributed by atoms with Crippen LogP contribution in [0.3, 0.4) is 0 Å². The topological polar surface area (TPSA) is 68.5 Å². The number of anilines is 1. The second-order valence-corrected chi connectivity index (χ2v) is 5.54. The van der Waals surface area contributed by atoms with Crippen LogP contribution in [0.1, 0.15) is 11.1 Å². The van der Waals surface area contributed by atoms with Gasteiger partial charge >= 0.3 is 5.63 Å². The Morgan fingerprint density at radius 3 is 2.79 bits per heavy atom. The number of aryl methyl sites for hydroxylation is 1. The standard InChI is InChI=1S/C19H17NO4/c1-12-8-19(22)24-17-11-14(6-7-16(12)17)20-18(21)10-13-4-3-5-15(9-13)23-2/h3-9,11H,10H2,1-2H3,(H,20,21). The van der Waals surface area contributed by atoms with Crippen molar-refractivity contribution in [3.05, 3.63) is 70.1 Å². The van der Waals surface area contributed by atoms with Crippen molar-refractivity contribution in [3.63, 3.8) is 0 Å². The molecule has 5 heteroatoms. The van der Waals surface area contributed by atoms with Crippen molar-refractivity contribution in [2.24, 2.45) is 0 Å². The summed E-state index contributed by atoms with van der Waals surface area (Å²) in [6, 6.07) is 14.1. The minimum atomic E-state index is -0.403. The van der Waals surface area contributed by atoms with Crippen LogP contribution in [0.25, 0.3) is 11.0 Å². The zero-order valence-electron chi connectivity index (χ0n) is 13.5. The van der Waals surface area contributed by atoms with Gasteiger partial charge in [-0.25, -0.2) is 4.79 Å². The van der Waals surface area contributed by atoms with E-state index in [4.69, 9.17) is 9.15 Å². The van der Waals surface area contributed by atoms with Gasteiger partial charge in [0.2, 0.25) is 5.91 Å². The summed E-state index contributed by atoms with van der Waals surface area (Å²) < 4.78 is 10.3. The highest BCUT2D eigenvalue weighted by atomic mass is 16.5. The number of carbonyl (C=O) groups is 1. The average Bonchev–Trinajstić information content (AvgIpc) is 2.54. The van der Waals surface area contributed by atoms with Crippen LogP contribution in [-0.2, 0) is 11.2 Å². The number of rotatable bonds is 4. The van der Waals surface area contributed by atoms with E-state index in [9.17, 15) is 9.59 Å². The van der Waals surface area contributed by atoms with E-state index in [-0.39, 0.29) is 12.3 Å². The Bertz CT molecular complexity index is 959. The lowest BCUT2D eigenvalue weighted by atomic mass is 10.1. The molecule has 0 aliphatic carbocycles. The monoisotopic (exact) mass is 323 g/mol. The van der Waals surface area contributed by atoms with Gasteiger partial charge in [0.05, 0.1) is 13.5 Å². The van der Waals surface area contributed by atoms with Gasteiger partial charge in [0.15, 0.2) is 0 Å². The summed E-state index contributed by atoms with van der Waals surface area (Å²) in [6.45, 7) is 1.85. The molecular formula is C19H17NO4. The van der Waals surface area contributed by atoms with Gasteiger partial charge in [-0.05, 0) is 42.3 Å². The molecule has 3 rings (SSSR count). The molecule has 5 nitrogen and oxygen atoms in total. The van der Waals surface area contributed by atoms with E-state index in [1.165, 1.54) is 6.07 Å². The quantitative estimate of drug-likeness (QED) is 0.748. The highest BCUT2D eigenvalue weighted by Gasteiger charge is 2.08. The first-order valence-corrected chi connectivity index (χ1v) is 7.52. The molecule has 3 aromatic rings. The molecule has 2 aromatic carbocycles. The second kappa shape index (κ2) is 6.58. The number of hydrogen-bond acceptors (Lipinski definition) is 4. The number of carbonyl (C=O) groups excluding carboxylic acids is 1. The normalized spacial score (nSPS) is 10.6. The fourth-order valence-electron chi connectivity index (χ4n) is 2.58. The van der Waals surface area contributed by atoms with Crippen molar-refractivity contribution >= 4 is 22.6 Å². The van der Waals surface area contributed by atoms with Gasteiger partial charge < -0.3 is 14.5 Å². The van der Waals surface area contributed by atoms with E-state index < -0.39 is 5.63 Å². The Morgan fingerprint density at radius 1 is 1.17 bits per heavy atom. The largest absolute Gasteiger partial charge is 0.497 e. The lowest BCUT2D eigenvalue weighted by Crippen LogP contribution is -2.14. The third kappa shape index (κ3) is 3.46. The molecule has 1 N–H and O–H groups in total. The molecule has 0 bridgehead atoms. The molecule has 0 radical (unpaired) electrons. The summed E-state index contributed by atoms with van der Waals surface area (Å²) in [4.78, 5) is 23.7. The Morgan fingerprint density at radius 2 is 2.00 bits per heavy atom. The summed E-state index contributed by atoms with van der Waals surface area (Å²) in [5.41, 5.74) is 2.34. The number of nitrogens with one attached hydrogen (secondary N) is 1. The summed E-state index contributed by atoms with van der Waals surface area (Å²) >= 11 is 0. The molecular weight excluding hydrogens is 306 g/mol. The molecule has 0 spiro atoms. The van der Waals surface area contributed by atoms with Gasteiger partial charge in [0, 0.05) is 23.2 Å². The van der Waals surface area contributed by atoms with Crippen LogP contribution in [0.2, 0.25) is 0 Å². The third-order valence-corrected chi connectivity index (χ3v) is 3.73. The molecule has 122 valence electrons. The summed E-state index contributed by atoms with van der Waals surface area (Å²) in [5.74, 6) is 0.556. The Kier molecular flexibility index (Phi) is 4.33. The van der Waals surface area contributed by atoms with Gasteiger partial charge in [-0.1, -0.05) is 12.1 Å². The minimum absolute atomic E-state index is 0.155. The molecule has 0 atom stereocenters. The molecule has 1 amide bonds. The van der Waals surface area contributed by atoms with Crippen LogP contribution in [0.5, 0.6) is 5.75 Å². The number of hydrogen-bond donors (Lipinski definition) is 1. The minimum Gasteiger partial charge on any atom is -0.497 e. The first-order chi connectivity index (χ1) is 11.5. The molecule has 1 heterocycles. The van der Waals surface area contributed by atoms with Crippen LogP contribution in [0.4, 0.5) is 5.69 Å². The molecule has 0 unspecified atom stereocenters. The van der Waals surface area contributed by atoms with E-state index >= 15 is 0 Å². The van der Waals surface area contributed by atoms with E-state index in [2.05, 4.69) is 5.32 Å². The molecule has 0 aliphatic rings. The molecule has 0 saturated carbocycles. The fraction of sp³-hybridized carbons (Fsp3) is 0.158. The number of amides is 1. The molecule has 0 aliphatic heterocycles. The summed E-state index contributed by atoms with van der Waals surface area (Å²) in [7, 11) is 1.59. The average molecular weight is 323 g/mol. The lowest BCUT2D eigenvalue weighted by molar-refractivity contribution is -0.115. The van der Waals surface area contributed by atoms with Gasteiger partial charge in [0.25, 0.3) is 0 Å². The third-order valence-electron chi connectivity index (χ3n) is 3.73. The summed E-state index contributed by atoms with van der Waals surface area (Å²) in [6.07, 6.45) is 0.229. The van der Waals surface area contributed by atoms with Crippen LogP contribution < -0.4 is 15.7 Å². The maximum absolute atomic E-state index is 12.2.